The fourth-order valence-electron chi connectivity index (χ4n) is 3.20. The van der Waals surface area contributed by atoms with E-state index in [9.17, 15) is 4.79 Å². The van der Waals surface area contributed by atoms with Crippen molar-refractivity contribution in [2.45, 2.75) is 38.3 Å². The van der Waals surface area contributed by atoms with Gasteiger partial charge < -0.3 is 9.64 Å². The largest absolute Gasteiger partial charge is 0.497 e. The molecule has 23 heavy (non-hydrogen) atoms. The summed E-state index contributed by atoms with van der Waals surface area (Å²) in [7, 11) is 1.64. The molecule has 1 aliphatic heterocycles. The van der Waals surface area contributed by atoms with Crippen LogP contribution in [0.4, 0.5) is 0 Å². The number of nitrogens with zero attached hydrogens (tertiary/aromatic N) is 3. The van der Waals surface area contributed by atoms with Gasteiger partial charge in [-0.15, -0.1) is 0 Å². The Morgan fingerprint density at radius 1 is 1.35 bits per heavy atom. The van der Waals surface area contributed by atoms with Gasteiger partial charge in [0.05, 0.1) is 26.1 Å². The van der Waals surface area contributed by atoms with Gasteiger partial charge in [-0.2, -0.15) is 5.10 Å². The van der Waals surface area contributed by atoms with Crippen LogP contribution in [0.2, 0.25) is 0 Å². The molecule has 2 heterocycles. The van der Waals surface area contributed by atoms with Gasteiger partial charge in [0.15, 0.2) is 0 Å². The maximum Gasteiger partial charge on any atom is 0.227 e. The van der Waals surface area contributed by atoms with Crippen molar-refractivity contribution in [3.05, 3.63) is 48.3 Å². The second-order valence-electron chi connectivity index (χ2n) is 5.99. The molecule has 1 aliphatic rings. The van der Waals surface area contributed by atoms with Gasteiger partial charge in [-0.1, -0.05) is 12.1 Å². The van der Waals surface area contributed by atoms with Crippen molar-refractivity contribution in [3.63, 3.8) is 0 Å². The number of rotatable bonds is 5. The number of amides is 1. The van der Waals surface area contributed by atoms with Crippen LogP contribution in [-0.2, 0) is 17.8 Å². The first-order valence-electron chi connectivity index (χ1n) is 8.16. The molecule has 0 aliphatic carbocycles. The molecule has 0 bridgehead atoms. The lowest BCUT2D eigenvalue weighted by Gasteiger charge is -2.36. The second-order valence-corrected chi connectivity index (χ2v) is 5.99. The predicted octanol–water partition coefficient (Wildman–Crippen LogP) is 2.52. The molecule has 5 nitrogen and oxygen atoms in total. The zero-order chi connectivity index (χ0) is 16.1. The summed E-state index contributed by atoms with van der Waals surface area (Å²) in [5.74, 6) is 0.983. The summed E-state index contributed by atoms with van der Waals surface area (Å²) in [5.41, 5.74) is 0.998. The van der Waals surface area contributed by atoms with Gasteiger partial charge in [0, 0.05) is 18.9 Å². The average Bonchev–Trinajstić information content (AvgIpc) is 3.08. The molecule has 0 N–H and O–H groups in total. The molecule has 122 valence electrons. The zero-order valence-corrected chi connectivity index (χ0v) is 13.5. The average molecular weight is 313 g/mol. The SMILES string of the molecule is COc1cccc(CC(=O)N2CCCC[C@H]2Cn2cccn2)c1. The molecule has 0 spiro atoms. The Hall–Kier alpha value is -2.30. The highest BCUT2D eigenvalue weighted by atomic mass is 16.5. The summed E-state index contributed by atoms with van der Waals surface area (Å²) in [5, 5.41) is 4.27. The number of hydrogen-bond acceptors (Lipinski definition) is 3. The van der Waals surface area contributed by atoms with E-state index in [4.69, 9.17) is 4.74 Å². The van der Waals surface area contributed by atoms with Crippen LogP contribution in [0.1, 0.15) is 24.8 Å². The molecular formula is C18H23N3O2. The molecule has 0 radical (unpaired) electrons. The highest BCUT2D eigenvalue weighted by Gasteiger charge is 2.27. The fraction of sp³-hybridized carbons (Fsp3) is 0.444. The van der Waals surface area contributed by atoms with Gasteiger partial charge in [-0.05, 0) is 43.0 Å². The van der Waals surface area contributed by atoms with E-state index in [0.29, 0.717) is 6.42 Å². The normalized spacial score (nSPS) is 18.0. The molecule has 3 rings (SSSR count). The zero-order valence-electron chi connectivity index (χ0n) is 13.5. The van der Waals surface area contributed by atoms with Gasteiger partial charge in [-0.25, -0.2) is 0 Å². The smallest absolute Gasteiger partial charge is 0.227 e. The molecule has 1 aromatic carbocycles. The molecule has 0 saturated carbocycles. The van der Waals surface area contributed by atoms with Gasteiger partial charge in [-0.3, -0.25) is 9.48 Å². The lowest BCUT2D eigenvalue weighted by atomic mass is 10.0. The van der Waals surface area contributed by atoms with E-state index >= 15 is 0 Å². The molecule has 1 aromatic heterocycles. The first-order chi connectivity index (χ1) is 11.3. The van der Waals surface area contributed by atoms with Gasteiger partial charge in [0.2, 0.25) is 5.91 Å². The minimum absolute atomic E-state index is 0.190. The maximum absolute atomic E-state index is 12.8. The molecular weight excluding hydrogens is 290 g/mol. The fourth-order valence-corrected chi connectivity index (χ4v) is 3.20. The number of likely N-dealkylation sites (tertiary alicyclic amines) is 1. The van der Waals surface area contributed by atoms with E-state index in [1.165, 1.54) is 6.42 Å². The summed E-state index contributed by atoms with van der Waals surface area (Å²) < 4.78 is 7.16. The second kappa shape index (κ2) is 7.31. The summed E-state index contributed by atoms with van der Waals surface area (Å²) in [6.45, 7) is 1.62. The van der Waals surface area contributed by atoms with Crippen molar-refractivity contribution in [3.8, 4) is 5.75 Å². The van der Waals surface area contributed by atoms with Crippen molar-refractivity contribution < 1.29 is 9.53 Å². The predicted molar refractivity (Wildman–Crippen MR) is 88.3 cm³/mol. The van der Waals surface area contributed by atoms with E-state index in [2.05, 4.69) is 5.10 Å². The summed E-state index contributed by atoms with van der Waals surface area (Å²) >= 11 is 0. The third-order valence-electron chi connectivity index (χ3n) is 4.39. The van der Waals surface area contributed by atoms with Crippen LogP contribution in [0.3, 0.4) is 0 Å². The summed E-state index contributed by atoms with van der Waals surface area (Å²) in [6.07, 6.45) is 7.47. The number of benzene rings is 1. The van der Waals surface area contributed by atoms with Crippen LogP contribution >= 0.6 is 0 Å². The van der Waals surface area contributed by atoms with Gasteiger partial charge in [0.25, 0.3) is 0 Å². The third kappa shape index (κ3) is 3.92. The van der Waals surface area contributed by atoms with Crippen molar-refractivity contribution in [2.24, 2.45) is 0 Å². The number of carbonyl (C=O) groups excluding carboxylic acids is 1. The monoisotopic (exact) mass is 313 g/mol. The maximum atomic E-state index is 12.8. The van der Waals surface area contributed by atoms with E-state index < -0.39 is 0 Å². The van der Waals surface area contributed by atoms with E-state index in [0.717, 1.165) is 37.2 Å². The Bertz CT molecular complexity index is 639. The summed E-state index contributed by atoms with van der Waals surface area (Å²) in [4.78, 5) is 14.8. The lowest BCUT2D eigenvalue weighted by Crippen LogP contribution is -2.46. The molecule has 1 amide bonds. The van der Waals surface area contributed by atoms with Gasteiger partial charge >= 0.3 is 0 Å². The highest BCUT2D eigenvalue weighted by molar-refractivity contribution is 5.79. The van der Waals surface area contributed by atoms with Gasteiger partial charge in [0.1, 0.15) is 5.75 Å². The standard InChI is InChI=1S/C18H23N3O2/c1-23-17-8-4-6-15(12-17)13-18(22)21-11-3-2-7-16(21)14-20-10-5-9-19-20/h4-6,8-10,12,16H,2-3,7,11,13-14H2,1H3/t16-/m0/s1. The Labute approximate surface area is 136 Å². The third-order valence-corrected chi connectivity index (χ3v) is 4.39. The van der Waals surface area contributed by atoms with Crippen molar-refractivity contribution in [1.29, 1.82) is 0 Å². The first kappa shape index (κ1) is 15.6. The minimum atomic E-state index is 0.190. The van der Waals surface area contributed by atoms with E-state index in [1.54, 1.807) is 13.3 Å². The van der Waals surface area contributed by atoms with Crippen LogP contribution < -0.4 is 4.74 Å². The molecule has 1 saturated heterocycles. The summed E-state index contributed by atoms with van der Waals surface area (Å²) in [6, 6.07) is 9.90. The number of aromatic nitrogens is 2. The van der Waals surface area contributed by atoms with Crippen LogP contribution in [-0.4, -0.2) is 40.3 Å². The lowest BCUT2D eigenvalue weighted by molar-refractivity contribution is -0.134. The number of ether oxygens (including phenoxy) is 1. The highest BCUT2D eigenvalue weighted by Crippen LogP contribution is 2.21. The van der Waals surface area contributed by atoms with Crippen molar-refractivity contribution in [2.75, 3.05) is 13.7 Å². The molecule has 1 atom stereocenters. The molecule has 1 fully saturated rings. The topological polar surface area (TPSA) is 47.4 Å². The molecule has 2 aromatic rings. The van der Waals surface area contributed by atoms with E-state index in [1.807, 2.05) is 46.1 Å². The number of hydrogen-bond donors (Lipinski definition) is 0. The molecule has 0 unspecified atom stereocenters. The van der Waals surface area contributed by atoms with Crippen LogP contribution in [0, 0.1) is 0 Å². The van der Waals surface area contributed by atoms with Crippen molar-refractivity contribution in [1.82, 2.24) is 14.7 Å². The number of methoxy groups -OCH3 is 1. The Balaban J connectivity index is 1.68. The number of carbonyl (C=O) groups is 1. The Morgan fingerprint density at radius 3 is 3.04 bits per heavy atom. The molecule has 5 heteroatoms. The van der Waals surface area contributed by atoms with Crippen molar-refractivity contribution >= 4 is 5.91 Å². The Morgan fingerprint density at radius 2 is 2.26 bits per heavy atom. The van der Waals surface area contributed by atoms with Crippen LogP contribution in [0.5, 0.6) is 5.75 Å². The Kier molecular flexibility index (Phi) is 4.95. The quantitative estimate of drug-likeness (QED) is 0.852. The minimum Gasteiger partial charge on any atom is -0.497 e. The van der Waals surface area contributed by atoms with Crippen LogP contribution in [0.25, 0.3) is 0 Å². The van der Waals surface area contributed by atoms with Crippen LogP contribution in [0.15, 0.2) is 42.7 Å². The first-order valence-corrected chi connectivity index (χ1v) is 8.16. The van der Waals surface area contributed by atoms with E-state index in [-0.39, 0.29) is 11.9 Å². The number of piperidine rings is 1.